The molecule has 0 aliphatic heterocycles. The zero-order valence-electron chi connectivity index (χ0n) is 10.3. The lowest BCUT2D eigenvalue weighted by Gasteiger charge is -1.93. The smallest absolute Gasteiger partial charge is 0.263 e. The first-order chi connectivity index (χ1) is 9.15. The average molecular weight is 274 g/mol. The minimum Gasteiger partial charge on any atom is -0.389 e. The second-order valence-corrected chi connectivity index (χ2v) is 4.82. The van der Waals surface area contributed by atoms with E-state index in [4.69, 9.17) is 10.3 Å². The van der Waals surface area contributed by atoms with Crippen LogP contribution >= 0.6 is 11.5 Å². The van der Waals surface area contributed by atoms with Crippen molar-refractivity contribution in [3.63, 3.8) is 0 Å². The summed E-state index contributed by atoms with van der Waals surface area (Å²) in [6, 6.07) is 0. The summed E-state index contributed by atoms with van der Waals surface area (Å²) in [5.41, 5.74) is 8.25. The first-order valence-corrected chi connectivity index (χ1v) is 6.27. The monoisotopic (exact) mass is 274 g/mol. The van der Waals surface area contributed by atoms with Crippen LogP contribution < -0.4 is 5.73 Å². The molecular weight excluding hydrogens is 264 g/mol. The molecular formula is C11H10N6OS. The second kappa shape index (κ2) is 4.39. The van der Waals surface area contributed by atoms with E-state index in [1.165, 1.54) is 11.5 Å². The van der Waals surface area contributed by atoms with Gasteiger partial charge in [-0.05, 0) is 30.9 Å². The second-order valence-electron chi connectivity index (χ2n) is 4.01. The maximum Gasteiger partial charge on any atom is 0.263 e. The van der Waals surface area contributed by atoms with E-state index in [1.807, 2.05) is 13.8 Å². The number of rotatable bonds is 2. The molecule has 0 aromatic carbocycles. The predicted octanol–water partition coefficient (Wildman–Crippen LogP) is 1.85. The third-order valence-electron chi connectivity index (χ3n) is 2.51. The topological polar surface area (TPSA) is 104 Å². The fraction of sp³-hybridized carbons (Fsp3) is 0.182. The quantitative estimate of drug-likeness (QED) is 0.760. The van der Waals surface area contributed by atoms with Crippen molar-refractivity contribution in [2.75, 3.05) is 5.73 Å². The number of nitrogen functional groups attached to an aromatic ring is 1. The van der Waals surface area contributed by atoms with Crippen molar-refractivity contribution in [3.05, 3.63) is 23.7 Å². The standard InChI is InChI=1S/C11H10N6OS/c1-5-3-13-9(14-4-5)10-15-11(18-16-10)7-6(2)17-19-8(7)12/h3-4H,12H2,1-2H3. The number of hydrogen-bond donors (Lipinski definition) is 1. The summed E-state index contributed by atoms with van der Waals surface area (Å²) >= 11 is 1.20. The number of aromatic nitrogens is 5. The van der Waals surface area contributed by atoms with Crippen LogP contribution in [0.4, 0.5) is 5.00 Å². The third-order valence-corrected chi connectivity index (χ3v) is 3.28. The molecule has 0 saturated carbocycles. The zero-order valence-corrected chi connectivity index (χ0v) is 11.1. The number of hydrogen-bond acceptors (Lipinski definition) is 8. The summed E-state index contributed by atoms with van der Waals surface area (Å²) in [5, 5.41) is 4.42. The molecule has 7 nitrogen and oxygen atoms in total. The summed E-state index contributed by atoms with van der Waals surface area (Å²) in [6.45, 7) is 3.75. The van der Waals surface area contributed by atoms with E-state index in [1.54, 1.807) is 12.4 Å². The molecule has 2 N–H and O–H groups in total. The molecule has 0 aliphatic carbocycles. The molecule has 3 rings (SSSR count). The molecule has 0 spiro atoms. The van der Waals surface area contributed by atoms with Crippen LogP contribution in [0.1, 0.15) is 11.3 Å². The van der Waals surface area contributed by atoms with Gasteiger partial charge in [-0.15, -0.1) is 0 Å². The van der Waals surface area contributed by atoms with E-state index in [0.717, 1.165) is 11.3 Å². The van der Waals surface area contributed by atoms with Gasteiger partial charge in [-0.25, -0.2) is 9.97 Å². The van der Waals surface area contributed by atoms with Gasteiger partial charge in [0, 0.05) is 12.4 Å². The molecule has 0 radical (unpaired) electrons. The molecule has 0 amide bonds. The lowest BCUT2D eigenvalue weighted by molar-refractivity contribution is 0.432. The minimum absolute atomic E-state index is 0.333. The molecule has 0 atom stereocenters. The Labute approximate surface area is 112 Å². The zero-order chi connectivity index (χ0) is 13.4. The van der Waals surface area contributed by atoms with Gasteiger partial charge < -0.3 is 10.3 Å². The molecule has 0 saturated heterocycles. The molecule has 3 heterocycles. The highest BCUT2D eigenvalue weighted by Crippen LogP contribution is 2.31. The van der Waals surface area contributed by atoms with Gasteiger partial charge in [0.1, 0.15) is 5.00 Å². The highest BCUT2D eigenvalue weighted by molar-refractivity contribution is 7.10. The number of anilines is 1. The Kier molecular flexibility index (Phi) is 2.71. The molecule has 19 heavy (non-hydrogen) atoms. The fourth-order valence-corrected chi connectivity index (χ4v) is 2.22. The van der Waals surface area contributed by atoms with E-state index in [0.29, 0.717) is 28.1 Å². The normalized spacial score (nSPS) is 10.8. The highest BCUT2D eigenvalue weighted by atomic mass is 32.1. The van der Waals surface area contributed by atoms with Crippen LogP contribution in [0.5, 0.6) is 0 Å². The summed E-state index contributed by atoms with van der Waals surface area (Å²) < 4.78 is 9.34. The molecule has 96 valence electrons. The Morgan fingerprint density at radius 2 is 1.89 bits per heavy atom. The van der Waals surface area contributed by atoms with Crippen molar-refractivity contribution in [2.45, 2.75) is 13.8 Å². The van der Waals surface area contributed by atoms with Crippen molar-refractivity contribution in [3.8, 4) is 23.1 Å². The number of aryl methyl sites for hydroxylation is 2. The van der Waals surface area contributed by atoms with Gasteiger partial charge in [0.2, 0.25) is 11.6 Å². The van der Waals surface area contributed by atoms with Gasteiger partial charge in [-0.1, -0.05) is 5.16 Å². The van der Waals surface area contributed by atoms with E-state index < -0.39 is 0 Å². The first-order valence-electron chi connectivity index (χ1n) is 5.50. The van der Waals surface area contributed by atoms with Crippen LogP contribution in [0.15, 0.2) is 16.9 Å². The van der Waals surface area contributed by atoms with Gasteiger partial charge in [0.05, 0.1) is 11.3 Å². The summed E-state index contributed by atoms with van der Waals surface area (Å²) in [5.74, 6) is 1.09. The van der Waals surface area contributed by atoms with Crippen molar-refractivity contribution < 1.29 is 4.52 Å². The minimum atomic E-state index is 0.333. The fourth-order valence-electron chi connectivity index (χ4n) is 1.57. The van der Waals surface area contributed by atoms with E-state index in [2.05, 4.69) is 24.5 Å². The highest BCUT2D eigenvalue weighted by Gasteiger charge is 2.18. The van der Waals surface area contributed by atoms with Crippen molar-refractivity contribution >= 4 is 16.5 Å². The van der Waals surface area contributed by atoms with E-state index >= 15 is 0 Å². The molecule has 3 aromatic rings. The maximum absolute atomic E-state index is 5.84. The van der Waals surface area contributed by atoms with Crippen LogP contribution in [0, 0.1) is 13.8 Å². The Balaban J connectivity index is 2.02. The van der Waals surface area contributed by atoms with Gasteiger partial charge in [-0.2, -0.15) is 9.36 Å². The average Bonchev–Trinajstić information content (AvgIpc) is 2.98. The molecule has 0 unspecified atom stereocenters. The van der Waals surface area contributed by atoms with E-state index in [-0.39, 0.29) is 0 Å². The van der Waals surface area contributed by atoms with Crippen molar-refractivity contribution in [1.82, 2.24) is 24.5 Å². The summed E-state index contributed by atoms with van der Waals surface area (Å²) in [7, 11) is 0. The van der Waals surface area contributed by atoms with Crippen LogP contribution in [0.2, 0.25) is 0 Å². The Bertz CT molecular complexity index is 698. The molecule has 0 aliphatic rings. The van der Waals surface area contributed by atoms with Crippen LogP contribution in [0.3, 0.4) is 0 Å². The van der Waals surface area contributed by atoms with Crippen LogP contribution in [-0.2, 0) is 0 Å². The maximum atomic E-state index is 5.84. The van der Waals surface area contributed by atoms with Crippen molar-refractivity contribution in [2.24, 2.45) is 0 Å². The van der Waals surface area contributed by atoms with Crippen LogP contribution in [-0.4, -0.2) is 24.5 Å². The predicted molar refractivity (Wildman–Crippen MR) is 70.3 cm³/mol. The molecule has 0 bridgehead atoms. The molecule has 3 aromatic heterocycles. The van der Waals surface area contributed by atoms with Gasteiger partial charge >= 0.3 is 0 Å². The number of nitrogens with two attached hydrogens (primary N) is 1. The van der Waals surface area contributed by atoms with Gasteiger partial charge in [-0.3, -0.25) is 0 Å². The Morgan fingerprint density at radius 1 is 1.16 bits per heavy atom. The summed E-state index contributed by atoms with van der Waals surface area (Å²) in [6.07, 6.45) is 3.40. The lowest BCUT2D eigenvalue weighted by atomic mass is 10.2. The molecule has 8 heteroatoms. The molecule has 0 fully saturated rings. The van der Waals surface area contributed by atoms with E-state index in [9.17, 15) is 0 Å². The third kappa shape index (κ3) is 2.06. The van der Waals surface area contributed by atoms with Gasteiger partial charge in [0.25, 0.3) is 5.89 Å². The Hall–Kier alpha value is -2.35. The largest absolute Gasteiger partial charge is 0.389 e. The SMILES string of the molecule is Cc1cnc(-c2noc(-c3c(C)nsc3N)n2)nc1. The Morgan fingerprint density at radius 3 is 2.53 bits per heavy atom. The van der Waals surface area contributed by atoms with Crippen LogP contribution in [0.25, 0.3) is 23.1 Å². The first kappa shape index (κ1) is 11.7. The lowest BCUT2D eigenvalue weighted by Crippen LogP contribution is -1.91. The number of nitrogens with zero attached hydrogens (tertiary/aromatic N) is 5. The van der Waals surface area contributed by atoms with Gasteiger partial charge in [0.15, 0.2) is 0 Å². The van der Waals surface area contributed by atoms with Crippen molar-refractivity contribution in [1.29, 1.82) is 0 Å². The summed E-state index contributed by atoms with van der Waals surface area (Å²) in [4.78, 5) is 12.6.